The Morgan fingerprint density at radius 2 is 2.00 bits per heavy atom. The molecule has 0 aromatic heterocycles. The zero-order valence-electron chi connectivity index (χ0n) is 7.64. The van der Waals surface area contributed by atoms with Gasteiger partial charge in [0.25, 0.3) is 0 Å². The van der Waals surface area contributed by atoms with Crippen LogP contribution in [-0.2, 0) is 4.79 Å². The number of carboxylic acid groups (broad SMARTS) is 1. The molecule has 1 rings (SSSR count). The predicted octanol–water partition coefficient (Wildman–Crippen LogP) is -1.02. The average molecular weight is 189 g/mol. The summed E-state index contributed by atoms with van der Waals surface area (Å²) in [6.45, 7) is 3.17. The van der Waals surface area contributed by atoms with Crippen LogP contribution >= 0.6 is 0 Å². The number of aliphatic carboxylic acids is 1. The Bertz CT molecular complexity index is 226. The summed E-state index contributed by atoms with van der Waals surface area (Å²) < 4.78 is 0. The van der Waals surface area contributed by atoms with E-state index < -0.39 is 23.7 Å². The van der Waals surface area contributed by atoms with Crippen LogP contribution in [0.15, 0.2) is 0 Å². The number of nitrogens with two attached hydrogens (primary N) is 1. The van der Waals surface area contributed by atoms with Crippen molar-refractivity contribution < 1.29 is 20.1 Å². The Hall–Kier alpha value is -0.650. The number of rotatable bonds is 3. The highest BCUT2D eigenvalue weighted by atomic mass is 16.5. The number of hydrogen-bond donors (Lipinski definition) is 4. The van der Waals surface area contributed by atoms with Crippen LogP contribution in [0.2, 0.25) is 0 Å². The van der Waals surface area contributed by atoms with Crippen LogP contribution in [0.25, 0.3) is 0 Å². The van der Waals surface area contributed by atoms with E-state index >= 15 is 0 Å². The Morgan fingerprint density at radius 1 is 1.54 bits per heavy atom. The van der Waals surface area contributed by atoms with Gasteiger partial charge in [0.1, 0.15) is 5.54 Å². The van der Waals surface area contributed by atoms with E-state index in [9.17, 15) is 4.79 Å². The van der Waals surface area contributed by atoms with Gasteiger partial charge in [0.05, 0.1) is 0 Å². The minimum atomic E-state index is -1.47. The third-order valence-corrected chi connectivity index (χ3v) is 2.94. The molecule has 1 fully saturated rings. The van der Waals surface area contributed by atoms with E-state index in [4.69, 9.17) is 21.1 Å². The third-order valence-electron chi connectivity index (χ3n) is 2.94. The van der Waals surface area contributed by atoms with Crippen LogP contribution in [0.1, 0.15) is 13.8 Å². The number of carbonyl (C=O) groups is 1. The van der Waals surface area contributed by atoms with Gasteiger partial charge < -0.3 is 21.1 Å². The van der Waals surface area contributed by atoms with E-state index in [0.29, 0.717) is 0 Å². The number of carboxylic acids is 1. The lowest BCUT2D eigenvalue weighted by molar-refractivity contribution is -0.144. The molecular weight excluding hydrogens is 174 g/mol. The van der Waals surface area contributed by atoms with Crippen molar-refractivity contribution in [2.24, 2.45) is 23.5 Å². The quantitative estimate of drug-likeness (QED) is 0.425. The van der Waals surface area contributed by atoms with Gasteiger partial charge in [-0.15, -0.1) is 0 Å². The molecule has 5 heteroatoms. The molecule has 0 aromatic rings. The van der Waals surface area contributed by atoms with Crippen molar-refractivity contribution in [2.75, 3.05) is 0 Å². The molecule has 13 heavy (non-hydrogen) atoms. The molecule has 0 aromatic carbocycles. The largest absolute Gasteiger partial charge is 0.480 e. The van der Waals surface area contributed by atoms with Crippen molar-refractivity contribution in [1.82, 2.24) is 0 Å². The molecule has 1 saturated carbocycles. The lowest BCUT2D eigenvalue weighted by Gasteiger charge is -2.19. The minimum absolute atomic E-state index is 0.0499. The van der Waals surface area contributed by atoms with E-state index in [1.54, 1.807) is 6.92 Å². The topological polar surface area (TPSA) is 104 Å². The highest BCUT2D eigenvalue weighted by molar-refractivity contribution is 5.79. The van der Waals surface area contributed by atoms with Gasteiger partial charge in [0, 0.05) is 5.92 Å². The highest BCUT2D eigenvalue weighted by Gasteiger charge is 2.61. The van der Waals surface area contributed by atoms with Gasteiger partial charge in [-0.1, -0.05) is 6.92 Å². The maximum Gasteiger partial charge on any atom is 0.323 e. The smallest absolute Gasteiger partial charge is 0.323 e. The summed E-state index contributed by atoms with van der Waals surface area (Å²) in [5.74, 6) is -1.92. The Balaban J connectivity index is 2.72. The van der Waals surface area contributed by atoms with Crippen LogP contribution in [-0.4, -0.2) is 33.1 Å². The third kappa shape index (κ3) is 1.54. The summed E-state index contributed by atoms with van der Waals surface area (Å²) in [7, 11) is 0. The van der Waals surface area contributed by atoms with E-state index in [2.05, 4.69) is 0 Å². The van der Waals surface area contributed by atoms with Crippen molar-refractivity contribution in [3.8, 4) is 0 Å². The Morgan fingerprint density at radius 3 is 2.23 bits per heavy atom. The second kappa shape index (κ2) is 2.94. The summed E-state index contributed by atoms with van der Waals surface area (Å²) in [6.07, 6.45) is -1.47. The molecule has 5 N–H and O–H groups in total. The van der Waals surface area contributed by atoms with E-state index in [1.165, 1.54) is 6.92 Å². The second-order valence-electron chi connectivity index (χ2n) is 3.96. The zero-order valence-corrected chi connectivity index (χ0v) is 7.64. The molecule has 76 valence electrons. The van der Waals surface area contributed by atoms with Gasteiger partial charge in [-0.25, -0.2) is 0 Å². The van der Waals surface area contributed by atoms with E-state index in [1.807, 2.05) is 0 Å². The van der Waals surface area contributed by atoms with Gasteiger partial charge in [0.2, 0.25) is 0 Å². The van der Waals surface area contributed by atoms with Crippen LogP contribution in [0, 0.1) is 17.8 Å². The normalized spacial score (nSPS) is 37.2. The number of aliphatic hydroxyl groups is 2. The maximum atomic E-state index is 10.7. The molecule has 0 saturated heterocycles. The molecule has 0 heterocycles. The van der Waals surface area contributed by atoms with Crippen LogP contribution in [0.5, 0.6) is 0 Å². The molecule has 4 unspecified atom stereocenters. The van der Waals surface area contributed by atoms with E-state index in [-0.39, 0.29) is 11.8 Å². The van der Waals surface area contributed by atoms with Crippen molar-refractivity contribution in [1.29, 1.82) is 0 Å². The van der Waals surface area contributed by atoms with Gasteiger partial charge in [-0.05, 0) is 18.8 Å². The van der Waals surface area contributed by atoms with Crippen molar-refractivity contribution in [3.05, 3.63) is 0 Å². The summed E-state index contributed by atoms with van der Waals surface area (Å²) in [6, 6.07) is 0. The molecule has 0 bridgehead atoms. The first-order valence-electron chi connectivity index (χ1n) is 4.18. The highest BCUT2D eigenvalue weighted by Crippen LogP contribution is 2.52. The van der Waals surface area contributed by atoms with Gasteiger partial charge >= 0.3 is 5.97 Å². The average Bonchev–Trinajstić information content (AvgIpc) is 2.61. The molecule has 0 amide bonds. The fraction of sp³-hybridized carbons (Fsp3) is 0.875. The van der Waals surface area contributed by atoms with Gasteiger partial charge in [0.15, 0.2) is 6.29 Å². The SMILES string of the molecule is CC1C(C(O)O)C1C(C)(N)C(=O)O. The molecule has 4 atom stereocenters. The van der Waals surface area contributed by atoms with Gasteiger partial charge in [-0.2, -0.15) is 0 Å². The first-order valence-corrected chi connectivity index (χ1v) is 4.18. The molecular formula is C8H15NO4. The predicted molar refractivity (Wildman–Crippen MR) is 44.6 cm³/mol. The van der Waals surface area contributed by atoms with Crippen LogP contribution in [0.3, 0.4) is 0 Å². The van der Waals surface area contributed by atoms with Crippen LogP contribution < -0.4 is 5.73 Å². The number of hydrogen-bond acceptors (Lipinski definition) is 4. The lowest BCUT2D eigenvalue weighted by atomic mass is 9.95. The minimum Gasteiger partial charge on any atom is -0.480 e. The maximum absolute atomic E-state index is 10.7. The van der Waals surface area contributed by atoms with Crippen molar-refractivity contribution >= 4 is 5.97 Å². The van der Waals surface area contributed by atoms with E-state index in [0.717, 1.165) is 0 Å². The second-order valence-corrected chi connectivity index (χ2v) is 3.96. The number of aliphatic hydroxyl groups excluding tert-OH is 1. The first-order chi connectivity index (χ1) is 5.80. The molecule has 5 nitrogen and oxygen atoms in total. The molecule has 1 aliphatic rings. The summed E-state index contributed by atoms with van der Waals surface area (Å²) in [4.78, 5) is 10.7. The zero-order chi connectivity index (χ0) is 10.4. The van der Waals surface area contributed by atoms with Gasteiger partial charge in [-0.3, -0.25) is 4.79 Å². The monoisotopic (exact) mass is 189 g/mol. The lowest BCUT2D eigenvalue weighted by Crippen LogP contribution is -2.48. The molecule has 1 aliphatic carbocycles. The summed E-state index contributed by atoms with van der Waals surface area (Å²) >= 11 is 0. The molecule has 0 aliphatic heterocycles. The molecule has 0 spiro atoms. The fourth-order valence-corrected chi connectivity index (χ4v) is 2.04. The van der Waals surface area contributed by atoms with Crippen LogP contribution in [0.4, 0.5) is 0 Å². The van der Waals surface area contributed by atoms with Crippen molar-refractivity contribution in [3.63, 3.8) is 0 Å². The summed E-state index contributed by atoms with van der Waals surface area (Å²) in [5.41, 5.74) is 4.19. The molecule has 0 radical (unpaired) electrons. The Kier molecular flexibility index (Phi) is 2.36. The van der Waals surface area contributed by atoms with Crippen molar-refractivity contribution in [2.45, 2.75) is 25.7 Å². The first kappa shape index (κ1) is 10.4. The summed E-state index contributed by atoms with van der Waals surface area (Å²) in [5, 5.41) is 26.6. The standard InChI is InChI=1S/C8H15NO4/c1-3-4(6(10)11)5(3)8(2,9)7(12)13/h3-6,10-11H,9H2,1-2H3,(H,12,13). The fourth-order valence-electron chi connectivity index (χ4n) is 2.04. The Labute approximate surface area is 76.2 Å².